The van der Waals surface area contributed by atoms with Crippen LogP contribution < -0.4 is 10.6 Å². The van der Waals surface area contributed by atoms with E-state index in [2.05, 4.69) is 15.6 Å². The summed E-state index contributed by atoms with van der Waals surface area (Å²) in [6.07, 6.45) is 5.26. The van der Waals surface area contributed by atoms with Crippen LogP contribution in [0.4, 0.5) is 8.78 Å². The molecule has 1 aromatic rings. The molecule has 0 atom stereocenters. The Morgan fingerprint density at radius 2 is 2.00 bits per heavy atom. The zero-order valence-electron chi connectivity index (χ0n) is 12.2. The lowest BCUT2D eigenvalue weighted by atomic mass is 10.1. The lowest BCUT2D eigenvalue weighted by Gasteiger charge is -2.16. The number of hydrogen-bond acceptors (Lipinski definition) is 1. The number of guanidine groups is 1. The third kappa shape index (κ3) is 5.41. The molecular weight excluding hydrogens is 387 g/mol. The first-order valence-electron chi connectivity index (χ1n) is 7.11. The Labute approximate surface area is 141 Å². The predicted octanol–water partition coefficient (Wildman–Crippen LogP) is 3.23. The number of nitrogens with one attached hydrogen (secondary N) is 2. The van der Waals surface area contributed by atoms with Crippen molar-refractivity contribution in [2.24, 2.45) is 4.99 Å². The van der Waals surface area contributed by atoms with Gasteiger partial charge in [0.2, 0.25) is 0 Å². The average Bonchev–Trinajstić information content (AvgIpc) is 2.95. The molecule has 0 radical (unpaired) electrons. The van der Waals surface area contributed by atoms with Crippen molar-refractivity contribution in [2.75, 3.05) is 13.6 Å². The van der Waals surface area contributed by atoms with Crippen molar-refractivity contribution in [1.29, 1.82) is 0 Å². The van der Waals surface area contributed by atoms with Gasteiger partial charge in [-0.3, -0.25) is 4.99 Å². The molecule has 0 bridgehead atoms. The highest BCUT2D eigenvalue weighted by molar-refractivity contribution is 14.0. The Kier molecular flexibility index (Phi) is 7.92. The van der Waals surface area contributed by atoms with Gasteiger partial charge in [-0.2, -0.15) is 0 Å². The van der Waals surface area contributed by atoms with Crippen molar-refractivity contribution in [3.8, 4) is 0 Å². The zero-order valence-corrected chi connectivity index (χ0v) is 14.5. The minimum absolute atomic E-state index is 0. The Bertz CT molecular complexity index is 474. The van der Waals surface area contributed by atoms with E-state index in [9.17, 15) is 8.78 Å². The molecular formula is C15H22F2IN3. The lowest BCUT2D eigenvalue weighted by molar-refractivity contribution is 0.498. The van der Waals surface area contributed by atoms with Crippen LogP contribution in [0.5, 0.6) is 0 Å². The quantitative estimate of drug-likeness (QED) is 0.455. The molecule has 1 aromatic carbocycles. The summed E-state index contributed by atoms with van der Waals surface area (Å²) < 4.78 is 26.6. The summed E-state index contributed by atoms with van der Waals surface area (Å²) in [5.74, 6) is -0.822. The van der Waals surface area contributed by atoms with Gasteiger partial charge >= 0.3 is 0 Å². The van der Waals surface area contributed by atoms with Gasteiger partial charge in [-0.1, -0.05) is 25.0 Å². The van der Waals surface area contributed by atoms with Crippen LogP contribution >= 0.6 is 24.0 Å². The molecule has 1 saturated carbocycles. The first-order chi connectivity index (χ1) is 9.70. The summed E-state index contributed by atoms with van der Waals surface area (Å²) >= 11 is 0. The van der Waals surface area contributed by atoms with E-state index in [1.54, 1.807) is 13.1 Å². The molecule has 0 amide bonds. The second-order valence-corrected chi connectivity index (χ2v) is 5.09. The van der Waals surface area contributed by atoms with E-state index in [0.717, 1.165) is 12.0 Å². The van der Waals surface area contributed by atoms with Crippen molar-refractivity contribution in [2.45, 2.75) is 38.1 Å². The highest BCUT2D eigenvalue weighted by Gasteiger charge is 2.15. The van der Waals surface area contributed by atoms with Gasteiger partial charge in [-0.05, 0) is 30.9 Å². The average molecular weight is 409 g/mol. The number of rotatable bonds is 4. The van der Waals surface area contributed by atoms with Crippen molar-refractivity contribution < 1.29 is 8.78 Å². The van der Waals surface area contributed by atoms with E-state index in [1.807, 2.05) is 0 Å². The summed E-state index contributed by atoms with van der Waals surface area (Å²) in [6.45, 7) is 0.521. The number of benzene rings is 1. The molecule has 1 aliphatic rings. The van der Waals surface area contributed by atoms with E-state index in [-0.39, 0.29) is 24.0 Å². The Balaban J connectivity index is 0.00000220. The predicted molar refractivity (Wildman–Crippen MR) is 92.2 cm³/mol. The minimum atomic E-state index is -0.795. The zero-order chi connectivity index (χ0) is 14.4. The smallest absolute Gasteiger partial charge is 0.191 e. The third-order valence-electron chi connectivity index (χ3n) is 3.64. The fraction of sp³-hybridized carbons (Fsp3) is 0.533. The molecule has 21 heavy (non-hydrogen) atoms. The maximum Gasteiger partial charge on any atom is 0.191 e. The fourth-order valence-corrected chi connectivity index (χ4v) is 2.52. The second kappa shape index (κ2) is 9.17. The van der Waals surface area contributed by atoms with E-state index >= 15 is 0 Å². The summed E-state index contributed by atoms with van der Waals surface area (Å²) in [6, 6.07) is 4.74. The lowest BCUT2D eigenvalue weighted by Crippen LogP contribution is -2.43. The largest absolute Gasteiger partial charge is 0.356 e. The van der Waals surface area contributed by atoms with Crippen molar-refractivity contribution in [1.82, 2.24) is 10.6 Å². The van der Waals surface area contributed by atoms with E-state index in [1.165, 1.54) is 31.7 Å². The van der Waals surface area contributed by atoms with Crippen LogP contribution in [0, 0.1) is 11.6 Å². The van der Waals surface area contributed by atoms with Crippen LogP contribution in [0.15, 0.2) is 23.2 Å². The summed E-state index contributed by atoms with van der Waals surface area (Å²) in [4.78, 5) is 4.15. The van der Waals surface area contributed by atoms with E-state index < -0.39 is 11.6 Å². The molecule has 0 heterocycles. The van der Waals surface area contributed by atoms with Gasteiger partial charge in [-0.25, -0.2) is 8.78 Å². The molecule has 0 aromatic heterocycles. The van der Waals surface area contributed by atoms with Crippen LogP contribution in [0.1, 0.15) is 31.2 Å². The van der Waals surface area contributed by atoms with Crippen molar-refractivity contribution in [3.63, 3.8) is 0 Å². The molecule has 6 heteroatoms. The molecule has 1 fully saturated rings. The first-order valence-corrected chi connectivity index (χ1v) is 7.11. The summed E-state index contributed by atoms with van der Waals surface area (Å²) in [7, 11) is 1.72. The van der Waals surface area contributed by atoms with Gasteiger partial charge < -0.3 is 10.6 Å². The maximum atomic E-state index is 13.5. The standard InChI is InChI=1S/C15H21F2N3.HI/c1-18-15(20-12-6-2-3-7-12)19-10-9-11-5-4-8-13(16)14(11)17;/h4-5,8,12H,2-3,6-7,9-10H2,1H3,(H2,18,19,20);1H. The van der Waals surface area contributed by atoms with E-state index in [4.69, 9.17) is 0 Å². The van der Waals surface area contributed by atoms with Gasteiger partial charge in [0.1, 0.15) is 0 Å². The van der Waals surface area contributed by atoms with Crippen molar-refractivity contribution in [3.05, 3.63) is 35.4 Å². The number of nitrogens with zero attached hydrogens (tertiary/aromatic N) is 1. The topological polar surface area (TPSA) is 36.4 Å². The normalized spacial score (nSPS) is 15.7. The SMILES string of the molecule is CN=C(NCCc1cccc(F)c1F)NC1CCCC1.I. The third-order valence-corrected chi connectivity index (χ3v) is 3.64. The molecule has 2 N–H and O–H groups in total. The monoisotopic (exact) mass is 409 g/mol. The number of hydrogen-bond donors (Lipinski definition) is 2. The van der Waals surface area contributed by atoms with Crippen LogP contribution in [0.3, 0.4) is 0 Å². The maximum absolute atomic E-state index is 13.5. The molecule has 0 spiro atoms. The minimum Gasteiger partial charge on any atom is -0.356 e. The summed E-state index contributed by atoms with van der Waals surface area (Å²) in [5.41, 5.74) is 0.383. The fourth-order valence-electron chi connectivity index (χ4n) is 2.52. The molecule has 1 aliphatic carbocycles. The van der Waals surface area contributed by atoms with Gasteiger partial charge in [-0.15, -0.1) is 24.0 Å². The Morgan fingerprint density at radius 3 is 2.67 bits per heavy atom. The molecule has 3 nitrogen and oxygen atoms in total. The van der Waals surface area contributed by atoms with Crippen LogP contribution in [-0.2, 0) is 6.42 Å². The summed E-state index contributed by atoms with van der Waals surface area (Å²) in [5, 5.41) is 6.49. The Morgan fingerprint density at radius 1 is 1.29 bits per heavy atom. The van der Waals surface area contributed by atoms with E-state index in [0.29, 0.717) is 24.6 Å². The molecule has 118 valence electrons. The highest BCUT2D eigenvalue weighted by Crippen LogP contribution is 2.17. The Hall–Kier alpha value is -0.920. The van der Waals surface area contributed by atoms with Gasteiger partial charge in [0, 0.05) is 19.6 Å². The van der Waals surface area contributed by atoms with Crippen molar-refractivity contribution >= 4 is 29.9 Å². The van der Waals surface area contributed by atoms with Gasteiger partial charge in [0.05, 0.1) is 0 Å². The van der Waals surface area contributed by atoms with Crippen LogP contribution in [0.25, 0.3) is 0 Å². The molecule has 0 unspecified atom stereocenters. The highest BCUT2D eigenvalue weighted by atomic mass is 127. The number of aliphatic imine (C=N–C) groups is 1. The molecule has 0 saturated heterocycles. The molecule has 0 aliphatic heterocycles. The van der Waals surface area contributed by atoms with Crippen LogP contribution in [0.2, 0.25) is 0 Å². The first kappa shape index (κ1) is 18.1. The van der Waals surface area contributed by atoms with Gasteiger partial charge in [0.25, 0.3) is 0 Å². The van der Waals surface area contributed by atoms with Gasteiger partial charge in [0.15, 0.2) is 17.6 Å². The van der Waals surface area contributed by atoms with Crippen LogP contribution in [-0.4, -0.2) is 25.6 Å². The molecule has 2 rings (SSSR count). The second-order valence-electron chi connectivity index (χ2n) is 5.09. The number of halogens is 3.